The lowest BCUT2D eigenvalue weighted by Gasteiger charge is -2.36. The van der Waals surface area contributed by atoms with Crippen molar-refractivity contribution in [3.05, 3.63) is 52.5 Å². The lowest BCUT2D eigenvalue weighted by atomic mass is 9.73. The molecule has 1 saturated heterocycles. The molecule has 0 spiro atoms. The number of ether oxygens (including phenoxy) is 2. The zero-order valence-corrected chi connectivity index (χ0v) is 17.5. The molecule has 0 aliphatic carbocycles. The molecule has 0 saturated carbocycles. The van der Waals surface area contributed by atoms with Gasteiger partial charge in [0, 0.05) is 36.4 Å². The SMILES string of the molecule is COc1cc(NC(=O)C2(c3ccc(Br)cc3)CCOCC2)ccc1NC(C)=O. The van der Waals surface area contributed by atoms with E-state index in [1.807, 2.05) is 24.3 Å². The third-order valence-electron chi connectivity index (χ3n) is 4.95. The van der Waals surface area contributed by atoms with E-state index in [1.54, 1.807) is 18.2 Å². The van der Waals surface area contributed by atoms with Crippen LogP contribution in [0.1, 0.15) is 25.3 Å². The van der Waals surface area contributed by atoms with Crippen LogP contribution in [0, 0.1) is 0 Å². The lowest BCUT2D eigenvalue weighted by Crippen LogP contribution is -2.44. The topological polar surface area (TPSA) is 76.7 Å². The van der Waals surface area contributed by atoms with Gasteiger partial charge in [-0.1, -0.05) is 28.1 Å². The van der Waals surface area contributed by atoms with Crippen LogP contribution in [0.4, 0.5) is 11.4 Å². The first-order chi connectivity index (χ1) is 13.4. The zero-order chi connectivity index (χ0) is 20.1. The number of halogens is 1. The summed E-state index contributed by atoms with van der Waals surface area (Å²) in [5.74, 6) is 0.219. The van der Waals surface area contributed by atoms with Crippen molar-refractivity contribution in [2.24, 2.45) is 0 Å². The van der Waals surface area contributed by atoms with Gasteiger partial charge >= 0.3 is 0 Å². The Kier molecular flexibility index (Phi) is 6.36. The lowest BCUT2D eigenvalue weighted by molar-refractivity contribution is -0.125. The second-order valence-electron chi connectivity index (χ2n) is 6.75. The Bertz CT molecular complexity index is 861. The smallest absolute Gasteiger partial charge is 0.235 e. The quantitative estimate of drug-likeness (QED) is 0.724. The summed E-state index contributed by atoms with van der Waals surface area (Å²) in [6.07, 6.45) is 1.23. The van der Waals surface area contributed by atoms with E-state index in [1.165, 1.54) is 14.0 Å². The van der Waals surface area contributed by atoms with E-state index in [9.17, 15) is 9.59 Å². The van der Waals surface area contributed by atoms with E-state index < -0.39 is 5.41 Å². The number of nitrogens with one attached hydrogen (secondary N) is 2. The summed E-state index contributed by atoms with van der Waals surface area (Å²) in [5, 5.41) is 5.73. The predicted molar refractivity (Wildman–Crippen MR) is 112 cm³/mol. The molecule has 1 fully saturated rings. The van der Waals surface area contributed by atoms with Crippen molar-refractivity contribution in [1.82, 2.24) is 0 Å². The standard InChI is InChI=1S/C21H23BrN2O4/c1-14(25)23-18-8-7-17(13-19(18)27-2)24-20(26)21(9-11-28-12-10-21)15-3-5-16(22)6-4-15/h3-8,13H,9-12H2,1-2H3,(H,23,25)(H,24,26). The van der Waals surface area contributed by atoms with Crippen molar-refractivity contribution in [3.8, 4) is 5.75 Å². The Labute approximate surface area is 172 Å². The maximum Gasteiger partial charge on any atom is 0.235 e. The summed E-state index contributed by atoms with van der Waals surface area (Å²) in [6.45, 7) is 2.50. The van der Waals surface area contributed by atoms with Crippen LogP contribution in [-0.4, -0.2) is 32.1 Å². The summed E-state index contributed by atoms with van der Waals surface area (Å²) in [4.78, 5) is 24.7. The fourth-order valence-corrected chi connectivity index (χ4v) is 3.71. The summed E-state index contributed by atoms with van der Waals surface area (Å²) >= 11 is 3.45. The molecular formula is C21H23BrN2O4. The van der Waals surface area contributed by atoms with Gasteiger partial charge in [0.05, 0.1) is 18.2 Å². The summed E-state index contributed by atoms with van der Waals surface area (Å²) < 4.78 is 11.8. The van der Waals surface area contributed by atoms with Crippen molar-refractivity contribution < 1.29 is 19.1 Å². The number of rotatable bonds is 5. The molecule has 0 atom stereocenters. The molecule has 0 unspecified atom stereocenters. The predicted octanol–water partition coefficient (Wildman–Crippen LogP) is 4.10. The number of carbonyl (C=O) groups excluding carboxylic acids is 2. The van der Waals surface area contributed by atoms with Crippen molar-refractivity contribution in [1.29, 1.82) is 0 Å². The highest BCUT2D eigenvalue weighted by atomic mass is 79.9. The molecule has 6 nitrogen and oxygen atoms in total. The van der Waals surface area contributed by atoms with Crippen LogP contribution in [0.25, 0.3) is 0 Å². The minimum atomic E-state index is -0.650. The summed E-state index contributed by atoms with van der Waals surface area (Å²) in [5.41, 5.74) is 1.49. The molecule has 0 aromatic heterocycles. The molecule has 1 aliphatic rings. The molecule has 148 valence electrons. The largest absolute Gasteiger partial charge is 0.494 e. The van der Waals surface area contributed by atoms with E-state index in [2.05, 4.69) is 26.6 Å². The normalized spacial score (nSPS) is 15.5. The average molecular weight is 447 g/mol. The van der Waals surface area contributed by atoms with Crippen molar-refractivity contribution in [2.45, 2.75) is 25.2 Å². The average Bonchev–Trinajstić information content (AvgIpc) is 2.69. The molecule has 28 heavy (non-hydrogen) atoms. The van der Waals surface area contributed by atoms with Crippen molar-refractivity contribution in [2.75, 3.05) is 31.0 Å². The van der Waals surface area contributed by atoms with Gasteiger partial charge in [0.15, 0.2) is 0 Å². The summed E-state index contributed by atoms with van der Waals surface area (Å²) in [7, 11) is 1.52. The highest BCUT2D eigenvalue weighted by Crippen LogP contribution is 2.37. The van der Waals surface area contributed by atoms with Crippen LogP contribution in [0.5, 0.6) is 5.75 Å². The van der Waals surface area contributed by atoms with Crippen molar-refractivity contribution >= 4 is 39.1 Å². The Hall–Kier alpha value is -2.38. The third-order valence-corrected chi connectivity index (χ3v) is 5.48. The minimum absolute atomic E-state index is 0.0764. The first-order valence-electron chi connectivity index (χ1n) is 9.05. The number of carbonyl (C=O) groups is 2. The monoisotopic (exact) mass is 446 g/mol. The Morgan fingerprint density at radius 1 is 1.07 bits per heavy atom. The maximum atomic E-state index is 13.3. The van der Waals surface area contributed by atoms with Crippen LogP contribution in [0.3, 0.4) is 0 Å². The van der Waals surface area contributed by atoms with Crippen LogP contribution >= 0.6 is 15.9 Å². The molecule has 2 aromatic rings. The highest BCUT2D eigenvalue weighted by Gasteiger charge is 2.41. The zero-order valence-electron chi connectivity index (χ0n) is 15.9. The molecule has 7 heteroatoms. The van der Waals surface area contributed by atoms with Crippen molar-refractivity contribution in [3.63, 3.8) is 0 Å². The first-order valence-corrected chi connectivity index (χ1v) is 9.85. The van der Waals surface area contributed by atoms with Gasteiger partial charge in [-0.15, -0.1) is 0 Å². The molecule has 1 heterocycles. The van der Waals surface area contributed by atoms with Gasteiger partial charge in [-0.25, -0.2) is 0 Å². The number of methoxy groups -OCH3 is 1. The Morgan fingerprint density at radius 3 is 2.36 bits per heavy atom. The fourth-order valence-electron chi connectivity index (χ4n) is 3.45. The van der Waals surface area contributed by atoms with E-state index in [0.717, 1.165) is 10.0 Å². The molecule has 1 aliphatic heterocycles. The minimum Gasteiger partial charge on any atom is -0.494 e. The van der Waals surface area contributed by atoms with E-state index >= 15 is 0 Å². The van der Waals surface area contributed by atoms with Gasteiger partial charge in [-0.2, -0.15) is 0 Å². The van der Waals surface area contributed by atoms with Gasteiger partial charge in [0.25, 0.3) is 0 Å². The summed E-state index contributed by atoms with van der Waals surface area (Å²) in [6, 6.07) is 13.0. The van der Waals surface area contributed by atoms with Gasteiger partial charge in [-0.05, 0) is 42.7 Å². The highest BCUT2D eigenvalue weighted by molar-refractivity contribution is 9.10. The van der Waals surface area contributed by atoms with Gasteiger partial charge in [0.2, 0.25) is 11.8 Å². The number of amides is 2. The van der Waals surface area contributed by atoms with Crippen LogP contribution in [0.15, 0.2) is 46.9 Å². The number of hydrogen-bond donors (Lipinski definition) is 2. The van der Waals surface area contributed by atoms with E-state index in [4.69, 9.17) is 9.47 Å². The fraction of sp³-hybridized carbons (Fsp3) is 0.333. The van der Waals surface area contributed by atoms with E-state index in [-0.39, 0.29) is 11.8 Å². The first kappa shape index (κ1) is 20.4. The number of anilines is 2. The van der Waals surface area contributed by atoms with Crippen LogP contribution in [0.2, 0.25) is 0 Å². The van der Waals surface area contributed by atoms with Gasteiger partial charge in [-0.3, -0.25) is 9.59 Å². The second-order valence-corrected chi connectivity index (χ2v) is 7.67. The molecule has 2 amide bonds. The second kappa shape index (κ2) is 8.75. The molecule has 0 bridgehead atoms. The Balaban J connectivity index is 1.88. The van der Waals surface area contributed by atoms with Crippen LogP contribution < -0.4 is 15.4 Å². The molecule has 3 rings (SSSR count). The molecule has 2 N–H and O–H groups in total. The third kappa shape index (κ3) is 4.36. The Morgan fingerprint density at radius 2 is 1.75 bits per heavy atom. The number of benzene rings is 2. The molecule has 0 radical (unpaired) electrons. The van der Waals surface area contributed by atoms with Gasteiger partial charge < -0.3 is 20.1 Å². The maximum absolute atomic E-state index is 13.3. The van der Waals surface area contributed by atoms with Gasteiger partial charge in [0.1, 0.15) is 5.75 Å². The molecular weight excluding hydrogens is 424 g/mol. The molecule has 2 aromatic carbocycles. The number of hydrogen-bond acceptors (Lipinski definition) is 4. The van der Waals surface area contributed by atoms with Crippen LogP contribution in [-0.2, 0) is 19.7 Å². The van der Waals surface area contributed by atoms with E-state index in [0.29, 0.717) is 43.2 Å².